The van der Waals surface area contributed by atoms with Crippen molar-refractivity contribution in [2.75, 3.05) is 38.2 Å². The maximum absolute atomic E-state index is 12.4. The molecule has 1 amide bonds. The molecule has 158 valence electrons. The van der Waals surface area contributed by atoms with Crippen molar-refractivity contribution < 1.29 is 14.3 Å². The zero-order chi connectivity index (χ0) is 20.9. The van der Waals surface area contributed by atoms with Crippen molar-refractivity contribution >= 4 is 34.9 Å². The third-order valence-electron chi connectivity index (χ3n) is 5.17. The number of methoxy groups -OCH3 is 1. The predicted molar refractivity (Wildman–Crippen MR) is 113 cm³/mol. The van der Waals surface area contributed by atoms with E-state index < -0.39 is 0 Å². The molecule has 4 rings (SSSR count). The number of nitrogens with zero attached hydrogens (tertiary/aromatic N) is 6. The van der Waals surface area contributed by atoms with Gasteiger partial charge in [0.25, 0.3) is 5.78 Å². The van der Waals surface area contributed by atoms with E-state index in [1.807, 2.05) is 22.4 Å². The molecule has 0 aliphatic carbocycles. The Bertz CT molecular complexity index is 1010. The van der Waals surface area contributed by atoms with Gasteiger partial charge in [0.05, 0.1) is 17.7 Å². The van der Waals surface area contributed by atoms with Gasteiger partial charge in [0, 0.05) is 45.2 Å². The molecule has 9 nitrogen and oxygen atoms in total. The number of ether oxygens (including phenoxy) is 1. The molecular formula is C20H24N6O3S. The van der Waals surface area contributed by atoms with Crippen LogP contribution in [0.5, 0.6) is 0 Å². The number of carbonyl (C=O) groups excluding carboxylic acids is 2. The number of carbonyl (C=O) groups is 2. The molecular weight excluding hydrogens is 404 g/mol. The summed E-state index contributed by atoms with van der Waals surface area (Å²) in [5, 5.41) is 6.71. The van der Waals surface area contributed by atoms with Gasteiger partial charge >= 0.3 is 5.97 Å². The number of amides is 1. The van der Waals surface area contributed by atoms with Gasteiger partial charge in [-0.15, -0.1) is 16.4 Å². The molecule has 0 bridgehead atoms. The zero-order valence-electron chi connectivity index (χ0n) is 16.9. The lowest BCUT2D eigenvalue weighted by Crippen LogP contribution is -2.49. The van der Waals surface area contributed by atoms with Crippen LogP contribution in [0.4, 0.5) is 5.95 Å². The standard InChI is InChI=1S/C20H24N6O3S/c1-29-18(28)7-3-2-6-17(27)24-10-12-25(13-11-24)20-22-19-21-9-8-15(26(19)23-20)16-5-4-14-30-16/h4-5,8-9,14H,2-3,6-7,10-13H2,1H3. The van der Waals surface area contributed by atoms with Crippen LogP contribution in [0.15, 0.2) is 29.8 Å². The summed E-state index contributed by atoms with van der Waals surface area (Å²) in [6.07, 6.45) is 3.93. The fourth-order valence-electron chi connectivity index (χ4n) is 3.49. The Balaban J connectivity index is 1.34. The lowest BCUT2D eigenvalue weighted by atomic mass is 10.1. The van der Waals surface area contributed by atoms with E-state index in [-0.39, 0.29) is 11.9 Å². The number of hydrogen-bond acceptors (Lipinski definition) is 8. The Kier molecular flexibility index (Phi) is 6.22. The molecule has 0 atom stereocenters. The molecule has 4 heterocycles. The second-order valence-corrected chi connectivity index (χ2v) is 8.03. The van der Waals surface area contributed by atoms with Gasteiger partial charge in [-0.1, -0.05) is 6.07 Å². The highest BCUT2D eigenvalue weighted by atomic mass is 32.1. The largest absolute Gasteiger partial charge is 0.469 e. The molecule has 30 heavy (non-hydrogen) atoms. The van der Waals surface area contributed by atoms with E-state index in [0.717, 1.165) is 10.6 Å². The van der Waals surface area contributed by atoms with Crippen LogP contribution in [-0.2, 0) is 14.3 Å². The maximum atomic E-state index is 12.4. The number of thiophene rings is 1. The Morgan fingerprint density at radius 2 is 1.93 bits per heavy atom. The minimum absolute atomic E-state index is 0.129. The number of unbranched alkanes of at least 4 members (excludes halogenated alkanes) is 1. The smallest absolute Gasteiger partial charge is 0.305 e. The average Bonchev–Trinajstić information content (AvgIpc) is 3.46. The predicted octanol–water partition coefficient (Wildman–Crippen LogP) is 2.23. The fourth-order valence-corrected chi connectivity index (χ4v) is 4.23. The fraction of sp³-hybridized carbons (Fsp3) is 0.450. The zero-order valence-corrected chi connectivity index (χ0v) is 17.7. The summed E-state index contributed by atoms with van der Waals surface area (Å²) in [6.45, 7) is 2.63. The first-order valence-corrected chi connectivity index (χ1v) is 10.9. The number of esters is 1. The third kappa shape index (κ3) is 4.43. The Morgan fingerprint density at radius 3 is 2.67 bits per heavy atom. The summed E-state index contributed by atoms with van der Waals surface area (Å²) < 4.78 is 6.40. The van der Waals surface area contributed by atoms with Crippen molar-refractivity contribution in [3.63, 3.8) is 0 Å². The first-order valence-electron chi connectivity index (χ1n) is 10.0. The Labute approximate surface area is 178 Å². The number of anilines is 1. The van der Waals surface area contributed by atoms with E-state index in [4.69, 9.17) is 0 Å². The van der Waals surface area contributed by atoms with E-state index in [0.29, 0.717) is 63.6 Å². The second kappa shape index (κ2) is 9.21. The number of aromatic nitrogens is 4. The Hall–Kier alpha value is -3.01. The second-order valence-electron chi connectivity index (χ2n) is 7.08. The van der Waals surface area contributed by atoms with Crippen LogP contribution in [0.1, 0.15) is 25.7 Å². The molecule has 10 heteroatoms. The molecule has 1 fully saturated rings. The maximum Gasteiger partial charge on any atom is 0.305 e. The summed E-state index contributed by atoms with van der Waals surface area (Å²) >= 11 is 1.65. The van der Waals surface area contributed by atoms with E-state index in [1.165, 1.54) is 7.11 Å². The summed E-state index contributed by atoms with van der Waals surface area (Å²) in [6, 6.07) is 6.00. The molecule has 0 aromatic carbocycles. The highest BCUT2D eigenvalue weighted by Crippen LogP contribution is 2.25. The van der Waals surface area contributed by atoms with E-state index in [2.05, 4.69) is 30.8 Å². The van der Waals surface area contributed by atoms with Crippen LogP contribution in [0.3, 0.4) is 0 Å². The molecule has 0 N–H and O–H groups in total. The van der Waals surface area contributed by atoms with Crippen LogP contribution >= 0.6 is 11.3 Å². The molecule has 0 saturated carbocycles. The first-order chi connectivity index (χ1) is 14.7. The summed E-state index contributed by atoms with van der Waals surface area (Å²) in [7, 11) is 1.38. The quantitative estimate of drug-likeness (QED) is 0.421. The van der Waals surface area contributed by atoms with Crippen LogP contribution in [-0.4, -0.2) is 69.6 Å². The van der Waals surface area contributed by atoms with Crippen molar-refractivity contribution in [1.82, 2.24) is 24.5 Å². The molecule has 0 unspecified atom stereocenters. The van der Waals surface area contributed by atoms with Crippen molar-refractivity contribution in [2.24, 2.45) is 0 Å². The van der Waals surface area contributed by atoms with Crippen LogP contribution in [0, 0.1) is 0 Å². The lowest BCUT2D eigenvalue weighted by Gasteiger charge is -2.34. The number of fused-ring (bicyclic) bond motifs is 1. The molecule has 0 spiro atoms. The van der Waals surface area contributed by atoms with E-state index in [9.17, 15) is 9.59 Å². The highest BCUT2D eigenvalue weighted by Gasteiger charge is 2.24. The van der Waals surface area contributed by atoms with Gasteiger partial charge in [0.1, 0.15) is 0 Å². The van der Waals surface area contributed by atoms with Crippen LogP contribution in [0.2, 0.25) is 0 Å². The van der Waals surface area contributed by atoms with Gasteiger partial charge in [-0.05, 0) is 30.4 Å². The van der Waals surface area contributed by atoms with Crippen molar-refractivity contribution in [3.8, 4) is 10.6 Å². The van der Waals surface area contributed by atoms with Gasteiger partial charge in [-0.2, -0.15) is 9.50 Å². The monoisotopic (exact) mass is 428 g/mol. The topological polar surface area (TPSA) is 92.9 Å². The minimum atomic E-state index is -0.229. The highest BCUT2D eigenvalue weighted by molar-refractivity contribution is 7.13. The lowest BCUT2D eigenvalue weighted by molar-refractivity contribution is -0.141. The molecule has 1 saturated heterocycles. The van der Waals surface area contributed by atoms with Gasteiger partial charge < -0.3 is 14.5 Å². The SMILES string of the molecule is COC(=O)CCCCC(=O)N1CCN(c2nc3nccc(-c4cccs4)n3n2)CC1. The van der Waals surface area contributed by atoms with Gasteiger partial charge in [0.2, 0.25) is 11.9 Å². The van der Waals surface area contributed by atoms with Crippen molar-refractivity contribution in [2.45, 2.75) is 25.7 Å². The number of rotatable bonds is 7. The third-order valence-corrected chi connectivity index (χ3v) is 6.06. The van der Waals surface area contributed by atoms with Crippen LogP contribution < -0.4 is 4.90 Å². The molecule has 1 aliphatic rings. The van der Waals surface area contributed by atoms with Crippen molar-refractivity contribution in [1.29, 1.82) is 0 Å². The van der Waals surface area contributed by atoms with E-state index in [1.54, 1.807) is 22.0 Å². The first kappa shape index (κ1) is 20.3. The van der Waals surface area contributed by atoms with Crippen molar-refractivity contribution in [3.05, 3.63) is 29.8 Å². The molecule has 3 aromatic rings. The number of hydrogen-bond donors (Lipinski definition) is 0. The summed E-state index contributed by atoms with van der Waals surface area (Å²) in [5.74, 6) is 1.11. The molecule has 1 aliphatic heterocycles. The number of piperazine rings is 1. The molecule has 3 aromatic heterocycles. The normalized spacial score (nSPS) is 14.3. The van der Waals surface area contributed by atoms with Gasteiger partial charge in [0.15, 0.2) is 0 Å². The average molecular weight is 429 g/mol. The van der Waals surface area contributed by atoms with Crippen LogP contribution in [0.25, 0.3) is 16.3 Å². The van der Waals surface area contributed by atoms with Gasteiger partial charge in [-0.25, -0.2) is 4.98 Å². The summed E-state index contributed by atoms with van der Waals surface area (Å²) in [4.78, 5) is 37.6. The minimum Gasteiger partial charge on any atom is -0.469 e. The molecule has 0 radical (unpaired) electrons. The van der Waals surface area contributed by atoms with E-state index >= 15 is 0 Å². The summed E-state index contributed by atoms with van der Waals surface area (Å²) in [5.41, 5.74) is 0.967. The Morgan fingerprint density at radius 1 is 1.13 bits per heavy atom. The van der Waals surface area contributed by atoms with Gasteiger partial charge in [-0.3, -0.25) is 9.59 Å².